The highest BCUT2D eigenvalue weighted by Gasteiger charge is 2.13. The molecule has 2 rings (SSSR count). The first-order chi connectivity index (χ1) is 7.55. The van der Waals surface area contributed by atoms with Crippen LogP contribution in [0.1, 0.15) is 31.9 Å². The molecule has 0 N–H and O–H groups in total. The van der Waals surface area contributed by atoms with Crippen LogP contribution in [0.15, 0.2) is 29.3 Å². The molecule has 0 bridgehead atoms. The minimum absolute atomic E-state index is 0.222. The molecule has 1 heterocycles. The van der Waals surface area contributed by atoms with Crippen molar-refractivity contribution in [2.45, 2.75) is 32.6 Å². The molecule has 2 nitrogen and oxygen atoms in total. The van der Waals surface area contributed by atoms with E-state index in [0.717, 1.165) is 25.5 Å². The van der Waals surface area contributed by atoms with Crippen molar-refractivity contribution in [1.82, 2.24) is 0 Å². The van der Waals surface area contributed by atoms with Crippen molar-refractivity contribution < 1.29 is 4.74 Å². The molecule has 0 saturated heterocycles. The molecule has 1 aromatic rings. The molecule has 0 fully saturated rings. The van der Waals surface area contributed by atoms with Gasteiger partial charge in [0.2, 0.25) is 0 Å². The van der Waals surface area contributed by atoms with E-state index in [9.17, 15) is 0 Å². The van der Waals surface area contributed by atoms with E-state index in [1.54, 1.807) is 0 Å². The number of hydrogen-bond donors (Lipinski definition) is 0. The molecule has 0 aromatic heterocycles. The SMILES string of the molecule is CC(C)(C)c1ccc(CC2=NCCO2)cc1. The van der Waals surface area contributed by atoms with Crippen molar-refractivity contribution in [1.29, 1.82) is 0 Å². The van der Waals surface area contributed by atoms with Gasteiger partial charge < -0.3 is 4.74 Å². The summed E-state index contributed by atoms with van der Waals surface area (Å²) in [5.41, 5.74) is 2.86. The molecule has 0 radical (unpaired) electrons. The van der Waals surface area contributed by atoms with Gasteiger partial charge in [-0.05, 0) is 16.5 Å². The molecule has 0 atom stereocenters. The lowest BCUT2D eigenvalue weighted by atomic mass is 9.86. The van der Waals surface area contributed by atoms with Crippen molar-refractivity contribution in [3.63, 3.8) is 0 Å². The Labute approximate surface area is 97.4 Å². The highest BCUT2D eigenvalue weighted by atomic mass is 16.5. The van der Waals surface area contributed by atoms with Gasteiger partial charge in [0.15, 0.2) is 5.90 Å². The molecule has 16 heavy (non-hydrogen) atoms. The summed E-state index contributed by atoms with van der Waals surface area (Å²) in [4.78, 5) is 4.30. The Morgan fingerprint density at radius 2 is 1.88 bits per heavy atom. The van der Waals surface area contributed by atoms with Crippen molar-refractivity contribution >= 4 is 5.90 Å². The van der Waals surface area contributed by atoms with E-state index in [0.29, 0.717) is 0 Å². The first kappa shape index (κ1) is 11.2. The maximum absolute atomic E-state index is 5.40. The largest absolute Gasteiger partial charge is 0.479 e. The molecule has 1 aromatic carbocycles. The van der Waals surface area contributed by atoms with Crippen molar-refractivity contribution in [2.75, 3.05) is 13.2 Å². The predicted molar refractivity (Wildman–Crippen MR) is 67.1 cm³/mol. The second-order valence-electron chi connectivity index (χ2n) is 5.25. The van der Waals surface area contributed by atoms with Gasteiger partial charge in [0.05, 0.1) is 6.54 Å². The predicted octanol–water partition coefficient (Wildman–Crippen LogP) is 2.96. The Morgan fingerprint density at radius 1 is 1.19 bits per heavy atom. The summed E-state index contributed by atoms with van der Waals surface area (Å²) in [7, 11) is 0. The highest BCUT2D eigenvalue weighted by Crippen LogP contribution is 2.22. The lowest BCUT2D eigenvalue weighted by Gasteiger charge is -2.19. The van der Waals surface area contributed by atoms with Gasteiger partial charge in [-0.2, -0.15) is 0 Å². The molecular weight excluding hydrogens is 198 g/mol. The standard InChI is InChI=1S/C14H19NO/c1-14(2,3)12-6-4-11(5-7-12)10-13-15-8-9-16-13/h4-7H,8-10H2,1-3H3. The summed E-state index contributed by atoms with van der Waals surface area (Å²) in [5, 5.41) is 0. The zero-order valence-electron chi connectivity index (χ0n) is 10.3. The number of aliphatic imine (C=N–C) groups is 1. The van der Waals surface area contributed by atoms with Crippen LogP contribution in [0, 0.1) is 0 Å². The van der Waals surface area contributed by atoms with Crippen LogP contribution >= 0.6 is 0 Å². The van der Waals surface area contributed by atoms with E-state index in [2.05, 4.69) is 50.0 Å². The van der Waals surface area contributed by atoms with Gasteiger partial charge in [-0.1, -0.05) is 45.0 Å². The Morgan fingerprint density at radius 3 is 2.38 bits per heavy atom. The van der Waals surface area contributed by atoms with Crippen molar-refractivity contribution in [3.05, 3.63) is 35.4 Å². The van der Waals surface area contributed by atoms with E-state index in [-0.39, 0.29) is 5.41 Å². The maximum Gasteiger partial charge on any atom is 0.187 e. The first-order valence-corrected chi connectivity index (χ1v) is 5.81. The topological polar surface area (TPSA) is 21.6 Å². The molecule has 86 valence electrons. The summed E-state index contributed by atoms with van der Waals surface area (Å²) < 4.78 is 5.40. The maximum atomic E-state index is 5.40. The van der Waals surface area contributed by atoms with Gasteiger partial charge >= 0.3 is 0 Å². The van der Waals surface area contributed by atoms with Gasteiger partial charge in [0.1, 0.15) is 6.61 Å². The van der Waals surface area contributed by atoms with Gasteiger partial charge in [0, 0.05) is 6.42 Å². The smallest absolute Gasteiger partial charge is 0.187 e. The molecule has 0 spiro atoms. The number of rotatable bonds is 2. The van der Waals surface area contributed by atoms with Crippen molar-refractivity contribution in [2.24, 2.45) is 4.99 Å². The molecular formula is C14H19NO. The fraction of sp³-hybridized carbons (Fsp3) is 0.500. The van der Waals surface area contributed by atoms with Crippen LogP contribution in [-0.4, -0.2) is 19.0 Å². The Hall–Kier alpha value is -1.31. The lowest BCUT2D eigenvalue weighted by Crippen LogP contribution is -2.11. The minimum Gasteiger partial charge on any atom is -0.479 e. The third-order valence-corrected chi connectivity index (χ3v) is 2.82. The second-order valence-corrected chi connectivity index (χ2v) is 5.25. The molecule has 0 saturated carbocycles. The van der Waals surface area contributed by atoms with Gasteiger partial charge in [0.25, 0.3) is 0 Å². The minimum atomic E-state index is 0.222. The number of benzene rings is 1. The normalized spacial score (nSPS) is 15.8. The second kappa shape index (κ2) is 4.28. The van der Waals surface area contributed by atoms with E-state index < -0.39 is 0 Å². The number of ether oxygens (including phenoxy) is 1. The van der Waals surface area contributed by atoms with Crippen LogP contribution in [0.5, 0.6) is 0 Å². The fourth-order valence-electron chi connectivity index (χ4n) is 1.78. The fourth-order valence-corrected chi connectivity index (χ4v) is 1.78. The zero-order valence-corrected chi connectivity index (χ0v) is 10.3. The van der Waals surface area contributed by atoms with Crippen LogP contribution in [-0.2, 0) is 16.6 Å². The quantitative estimate of drug-likeness (QED) is 0.746. The monoisotopic (exact) mass is 217 g/mol. The van der Waals surface area contributed by atoms with Crippen LogP contribution in [0.25, 0.3) is 0 Å². The highest BCUT2D eigenvalue weighted by molar-refractivity contribution is 5.79. The Bertz CT molecular complexity index is 384. The Balaban J connectivity index is 2.07. The average molecular weight is 217 g/mol. The molecule has 0 amide bonds. The third kappa shape index (κ3) is 2.63. The zero-order chi connectivity index (χ0) is 11.6. The molecule has 2 heteroatoms. The lowest BCUT2D eigenvalue weighted by molar-refractivity contribution is 0.341. The summed E-state index contributed by atoms with van der Waals surface area (Å²) in [6, 6.07) is 8.74. The van der Waals surface area contributed by atoms with Gasteiger partial charge in [-0.15, -0.1) is 0 Å². The molecule has 1 aliphatic heterocycles. The van der Waals surface area contributed by atoms with Gasteiger partial charge in [-0.25, -0.2) is 0 Å². The summed E-state index contributed by atoms with van der Waals surface area (Å²) >= 11 is 0. The van der Waals surface area contributed by atoms with Gasteiger partial charge in [-0.3, -0.25) is 4.99 Å². The molecule has 0 unspecified atom stereocenters. The van der Waals surface area contributed by atoms with Crippen LogP contribution < -0.4 is 0 Å². The number of hydrogen-bond acceptors (Lipinski definition) is 2. The van der Waals surface area contributed by atoms with E-state index in [1.807, 2.05) is 0 Å². The third-order valence-electron chi connectivity index (χ3n) is 2.82. The van der Waals surface area contributed by atoms with Crippen LogP contribution in [0.3, 0.4) is 0 Å². The van der Waals surface area contributed by atoms with Crippen molar-refractivity contribution in [3.8, 4) is 0 Å². The molecule has 1 aliphatic rings. The summed E-state index contributed by atoms with van der Waals surface area (Å²) in [5.74, 6) is 0.878. The van der Waals surface area contributed by atoms with Crippen LogP contribution in [0.2, 0.25) is 0 Å². The average Bonchev–Trinajstić information content (AvgIpc) is 2.70. The first-order valence-electron chi connectivity index (χ1n) is 5.81. The molecule has 0 aliphatic carbocycles. The van der Waals surface area contributed by atoms with Crippen LogP contribution in [0.4, 0.5) is 0 Å². The number of nitrogens with zero attached hydrogens (tertiary/aromatic N) is 1. The summed E-state index contributed by atoms with van der Waals surface area (Å²) in [6.45, 7) is 8.25. The van der Waals surface area contributed by atoms with E-state index >= 15 is 0 Å². The van der Waals surface area contributed by atoms with E-state index in [1.165, 1.54) is 11.1 Å². The Kier molecular flexibility index (Phi) is 2.99. The summed E-state index contributed by atoms with van der Waals surface area (Å²) in [6.07, 6.45) is 0.824. The van der Waals surface area contributed by atoms with E-state index in [4.69, 9.17) is 4.74 Å².